The van der Waals surface area contributed by atoms with Gasteiger partial charge in [0.25, 0.3) is 0 Å². The fraction of sp³-hybridized carbons (Fsp3) is 0.467. The maximum atomic E-state index is 12.3. The minimum Gasteiger partial charge on any atom is -0.478 e. The van der Waals surface area contributed by atoms with E-state index in [1.165, 1.54) is 6.07 Å². The first-order valence-corrected chi connectivity index (χ1v) is 8.26. The summed E-state index contributed by atoms with van der Waals surface area (Å²) < 4.78 is 1.77. The van der Waals surface area contributed by atoms with Crippen molar-refractivity contribution in [2.24, 2.45) is 0 Å². The summed E-state index contributed by atoms with van der Waals surface area (Å²) in [6, 6.07) is 4.95. The molecule has 1 aromatic heterocycles. The molecule has 0 amide bonds. The number of carbonyl (C=O) groups is 1. The highest BCUT2D eigenvalue weighted by Crippen LogP contribution is 2.38. The lowest BCUT2D eigenvalue weighted by molar-refractivity contribution is 0.0697. The van der Waals surface area contributed by atoms with E-state index in [1.54, 1.807) is 16.7 Å². The number of aromatic carboxylic acids is 1. The van der Waals surface area contributed by atoms with Gasteiger partial charge in [-0.3, -0.25) is 4.57 Å². The standard InChI is InChI=1S/C15H18N2O3S/c1-2-21-13-5-3-4-11(13)17-12-8-9(14(18)19)6-7-10(12)16-15(17)20/h6-8,11,13H,2-5H2,1H3,(H,16,20)(H,18,19). The van der Waals surface area contributed by atoms with Gasteiger partial charge in [-0.05, 0) is 36.8 Å². The average molecular weight is 306 g/mol. The number of nitrogens with one attached hydrogen (secondary N) is 1. The Balaban J connectivity index is 2.12. The first-order valence-electron chi connectivity index (χ1n) is 7.21. The van der Waals surface area contributed by atoms with Crippen molar-refractivity contribution in [1.29, 1.82) is 0 Å². The van der Waals surface area contributed by atoms with Crippen LogP contribution in [-0.4, -0.2) is 31.6 Å². The molecule has 21 heavy (non-hydrogen) atoms. The largest absolute Gasteiger partial charge is 0.478 e. The fourth-order valence-corrected chi connectivity index (χ4v) is 4.44. The summed E-state index contributed by atoms with van der Waals surface area (Å²) in [4.78, 5) is 26.3. The van der Waals surface area contributed by atoms with Crippen LogP contribution in [0.1, 0.15) is 42.6 Å². The predicted molar refractivity (Wildman–Crippen MR) is 84.3 cm³/mol. The van der Waals surface area contributed by atoms with Crippen molar-refractivity contribution in [2.45, 2.75) is 37.5 Å². The molecule has 0 spiro atoms. The number of aromatic nitrogens is 2. The SMILES string of the molecule is CCSC1CCCC1n1c(=O)[nH]c2ccc(C(=O)O)cc21. The van der Waals surface area contributed by atoms with Gasteiger partial charge in [0.1, 0.15) is 0 Å². The third-order valence-corrected chi connectivity index (χ3v) is 5.41. The van der Waals surface area contributed by atoms with Gasteiger partial charge in [-0.2, -0.15) is 11.8 Å². The molecular weight excluding hydrogens is 288 g/mol. The molecule has 2 aromatic rings. The lowest BCUT2D eigenvalue weighted by atomic mass is 10.2. The summed E-state index contributed by atoms with van der Waals surface area (Å²) in [6.07, 6.45) is 3.20. The number of nitrogens with zero attached hydrogens (tertiary/aromatic N) is 1. The van der Waals surface area contributed by atoms with Crippen molar-refractivity contribution >= 4 is 28.8 Å². The van der Waals surface area contributed by atoms with E-state index in [-0.39, 0.29) is 17.3 Å². The van der Waals surface area contributed by atoms with Gasteiger partial charge in [0.15, 0.2) is 0 Å². The highest BCUT2D eigenvalue weighted by molar-refractivity contribution is 7.99. The topological polar surface area (TPSA) is 75.1 Å². The number of aromatic amines is 1. The molecule has 1 saturated carbocycles. The van der Waals surface area contributed by atoms with Crippen LogP contribution in [0.4, 0.5) is 0 Å². The first-order chi connectivity index (χ1) is 10.1. The van der Waals surface area contributed by atoms with E-state index in [4.69, 9.17) is 5.11 Å². The minimum absolute atomic E-state index is 0.138. The Morgan fingerprint density at radius 1 is 1.48 bits per heavy atom. The number of H-pyrrole nitrogens is 1. The lowest BCUT2D eigenvalue weighted by Crippen LogP contribution is -2.26. The maximum Gasteiger partial charge on any atom is 0.335 e. The van der Waals surface area contributed by atoms with Gasteiger partial charge in [-0.15, -0.1) is 0 Å². The van der Waals surface area contributed by atoms with E-state index in [9.17, 15) is 9.59 Å². The van der Waals surface area contributed by atoms with Gasteiger partial charge in [-0.1, -0.05) is 13.3 Å². The number of carboxylic acid groups (broad SMARTS) is 1. The molecule has 2 N–H and O–H groups in total. The van der Waals surface area contributed by atoms with Crippen LogP contribution in [0.5, 0.6) is 0 Å². The molecule has 3 rings (SSSR count). The van der Waals surface area contributed by atoms with Crippen molar-refractivity contribution in [3.8, 4) is 0 Å². The van der Waals surface area contributed by atoms with E-state index in [1.807, 2.05) is 11.8 Å². The average Bonchev–Trinajstić information content (AvgIpc) is 3.01. The van der Waals surface area contributed by atoms with Crippen molar-refractivity contribution in [3.63, 3.8) is 0 Å². The number of hydrogen-bond donors (Lipinski definition) is 2. The Kier molecular flexibility index (Phi) is 3.80. The molecule has 0 saturated heterocycles. The van der Waals surface area contributed by atoms with Crippen LogP contribution in [0.3, 0.4) is 0 Å². The van der Waals surface area contributed by atoms with Crippen molar-refractivity contribution in [3.05, 3.63) is 34.2 Å². The molecule has 2 atom stereocenters. The zero-order valence-electron chi connectivity index (χ0n) is 11.8. The Labute approximate surface area is 126 Å². The van der Waals surface area contributed by atoms with E-state index in [2.05, 4.69) is 11.9 Å². The van der Waals surface area contributed by atoms with Crippen molar-refractivity contribution in [2.75, 3.05) is 5.75 Å². The highest BCUT2D eigenvalue weighted by atomic mass is 32.2. The summed E-state index contributed by atoms with van der Waals surface area (Å²) >= 11 is 1.88. The van der Waals surface area contributed by atoms with Crippen molar-refractivity contribution in [1.82, 2.24) is 9.55 Å². The molecular formula is C15H18N2O3S. The second-order valence-electron chi connectivity index (χ2n) is 5.33. The molecule has 5 nitrogen and oxygen atoms in total. The number of carboxylic acids is 1. The molecule has 0 bridgehead atoms. The summed E-state index contributed by atoms with van der Waals surface area (Å²) in [5, 5.41) is 9.57. The molecule has 1 aliphatic carbocycles. The molecule has 0 radical (unpaired) electrons. The van der Waals surface area contributed by atoms with Crippen LogP contribution in [0.2, 0.25) is 0 Å². The molecule has 112 valence electrons. The van der Waals surface area contributed by atoms with Gasteiger partial charge < -0.3 is 10.1 Å². The monoisotopic (exact) mass is 306 g/mol. The van der Waals surface area contributed by atoms with Gasteiger partial charge in [0.2, 0.25) is 0 Å². The Bertz CT molecular complexity index is 734. The summed E-state index contributed by atoms with van der Waals surface area (Å²) in [5.74, 6) is 0.0570. The van der Waals surface area contributed by atoms with E-state index >= 15 is 0 Å². The number of thioether (sulfide) groups is 1. The first kappa shape index (κ1) is 14.3. The van der Waals surface area contributed by atoms with Crippen LogP contribution >= 0.6 is 11.8 Å². The highest BCUT2D eigenvalue weighted by Gasteiger charge is 2.31. The maximum absolute atomic E-state index is 12.3. The summed E-state index contributed by atoms with van der Waals surface area (Å²) in [7, 11) is 0. The lowest BCUT2D eigenvalue weighted by Gasteiger charge is -2.20. The predicted octanol–water partition coefficient (Wildman–Crippen LogP) is 2.87. The molecule has 0 aliphatic heterocycles. The second kappa shape index (κ2) is 5.60. The Hall–Kier alpha value is -1.69. The van der Waals surface area contributed by atoms with Crippen LogP contribution in [0.15, 0.2) is 23.0 Å². The van der Waals surface area contributed by atoms with Crippen LogP contribution in [0, 0.1) is 0 Å². The molecule has 6 heteroatoms. The molecule has 2 unspecified atom stereocenters. The Morgan fingerprint density at radius 3 is 3.00 bits per heavy atom. The summed E-state index contributed by atoms with van der Waals surface area (Å²) in [5.41, 5.74) is 1.49. The summed E-state index contributed by atoms with van der Waals surface area (Å²) in [6.45, 7) is 2.13. The molecule has 1 aliphatic rings. The number of imidazole rings is 1. The van der Waals surface area contributed by atoms with E-state index < -0.39 is 5.97 Å². The van der Waals surface area contributed by atoms with E-state index in [0.29, 0.717) is 16.3 Å². The zero-order chi connectivity index (χ0) is 15.0. The third kappa shape index (κ3) is 2.48. The second-order valence-corrected chi connectivity index (χ2v) is 6.85. The quantitative estimate of drug-likeness (QED) is 0.911. The van der Waals surface area contributed by atoms with Gasteiger partial charge in [0.05, 0.1) is 22.6 Å². The van der Waals surface area contributed by atoms with Gasteiger partial charge in [-0.25, -0.2) is 9.59 Å². The molecule has 1 aromatic carbocycles. The molecule has 1 fully saturated rings. The van der Waals surface area contributed by atoms with Crippen molar-refractivity contribution < 1.29 is 9.90 Å². The third-order valence-electron chi connectivity index (χ3n) is 4.09. The minimum atomic E-state index is -0.969. The number of benzene rings is 1. The number of rotatable bonds is 4. The van der Waals surface area contributed by atoms with Gasteiger partial charge >= 0.3 is 11.7 Å². The van der Waals surface area contributed by atoms with E-state index in [0.717, 1.165) is 25.0 Å². The van der Waals surface area contributed by atoms with Crippen LogP contribution in [-0.2, 0) is 0 Å². The number of hydrogen-bond acceptors (Lipinski definition) is 3. The zero-order valence-corrected chi connectivity index (χ0v) is 12.7. The Morgan fingerprint density at radius 2 is 2.29 bits per heavy atom. The normalized spacial score (nSPS) is 22.0. The fourth-order valence-electron chi connectivity index (χ4n) is 3.19. The van der Waals surface area contributed by atoms with Crippen LogP contribution in [0.25, 0.3) is 11.0 Å². The number of fused-ring (bicyclic) bond motifs is 1. The smallest absolute Gasteiger partial charge is 0.335 e. The molecule has 1 heterocycles. The van der Waals surface area contributed by atoms with Crippen LogP contribution < -0.4 is 5.69 Å². The van der Waals surface area contributed by atoms with Gasteiger partial charge in [0, 0.05) is 5.25 Å².